The predicted octanol–water partition coefficient (Wildman–Crippen LogP) is 2.19. The topological polar surface area (TPSA) is 71.7 Å². The molecule has 0 bridgehead atoms. The molecule has 1 amide bonds. The SMILES string of the molecule is Cc1ccc2c(CC(=O)NCC(O)COCC3CC3)coc2c1. The van der Waals surface area contributed by atoms with E-state index in [4.69, 9.17) is 9.15 Å². The highest BCUT2D eigenvalue weighted by Gasteiger charge is 2.21. The number of aliphatic hydroxyl groups excluding tert-OH is 1. The third-order valence-corrected chi connectivity index (χ3v) is 4.06. The summed E-state index contributed by atoms with van der Waals surface area (Å²) >= 11 is 0. The van der Waals surface area contributed by atoms with Gasteiger partial charge < -0.3 is 19.6 Å². The number of benzene rings is 1. The van der Waals surface area contributed by atoms with Crippen molar-refractivity contribution < 1.29 is 19.1 Å². The average molecular weight is 317 g/mol. The molecule has 1 saturated carbocycles. The lowest BCUT2D eigenvalue weighted by atomic mass is 10.1. The number of hydrogen-bond acceptors (Lipinski definition) is 4. The molecule has 1 fully saturated rings. The quantitative estimate of drug-likeness (QED) is 0.783. The lowest BCUT2D eigenvalue weighted by Crippen LogP contribution is -2.35. The zero-order valence-electron chi connectivity index (χ0n) is 13.4. The molecule has 1 aromatic heterocycles. The first kappa shape index (κ1) is 16.0. The summed E-state index contributed by atoms with van der Waals surface area (Å²) in [7, 11) is 0. The summed E-state index contributed by atoms with van der Waals surface area (Å²) in [5, 5.41) is 13.5. The number of aryl methyl sites for hydroxylation is 1. The molecule has 0 saturated heterocycles. The van der Waals surface area contributed by atoms with E-state index >= 15 is 0 Å². The zero-order chi connectivity index (χ0) is 16.2. The fourth-order valence-electron chi connectivity index (χ4n) is 2.51. The summed E-state index contributed by atoms with van der Waals surface area (Å²) < 4.78 is 10.9. The molecule has 1 aliphatic rings. The number of carbonyl (C=O) groups excluding carboxylic acids is 1. The average Bonchev–Trinajstić information content (AvgIpc) is 3.27. The number of furan rings is 1. The molecule has 1 unspecified atom stereocenters. The number of ether oxygens (including phenoxy) is 1. The van der Waals surface area contributed by atoms with Crippen LogP contribution in [0.2, 0.25) is 0 Å². The molecule has 0 spiro atoms. The monoisotopic (exact) mass is 317 g/mol. The second-order valence-electron chi connectivity index (χ2n) is 6.38. The molecule has 124 valence electrons. The number of nitrogens with one attached hydrogen (secondary N) is 1. The number of amides is 1. The molecule has 1 aromatic carbocycles. The van der Waals surface area contributed by atoms with Crippen LogP contribution in [-0.2, 0) is 16.0 Å². The first-order valence-corrected chi connectivity index (χ1v) is 8.11. The van der Waals surface area contributed by atoms with Crippen molar-refractivity contribution in [1.82, 2.24) is 5.32 Å². The molecule has 0 aliphatic heterocycles. The second kappa shape index (κ2) is 7.15. The molecule has 5 nitrogen and oxygen atoms in total. The van der Waals surface area contributed by atoms with Crippen LogP contribution in [0.5, 0.6) is 0 Å². The number of aliphatic hydroxyl groups is 1. The van der Waals surface area contributed by atoms with Crippen LogP contribution in [0.3, 0.4) is 0 Å². The first-order valence-electron chi connectivity index (χ1n) is 8.11. The van der Waals surface area contributed by atoms with Crippen molar-refractivity contribution in [2.24, 2.45) is 5.92 Å². The predicted molar refractivity (Wildman–Crippen MR) is 87.2 cm³/mol. The largest absolute Gasteiger partial charge is 0.464 e. The molecule has 1 heterocycles. The summed E-state index contributed by atoms with van der Waals surface area (Å²) in [6.07, 6.45) is 3.65. The smallest absolute Gasteiger partial charge is 0.224 e. The Kier molecular flexibility index (Phi) is 4.98. The summed E-state index contributed by atoms with van der Waals surface area (Å²) in [6, 6.07) is 5.93. The van der Waals surface area contributed by atoms with E-state index in [1.165, 1.54) is 12.8 Å². The maximum atomic E-state index is 12.0. The van der Waals surface area contributed by atoms with Gasteiger partial charge in [-0.3, -0.25) is 4.79 Å². The van der Waals surface area contributed by atoms with Crippen molar-refractivity contribution in [3.63, 3.8) is 0 Å². The summed E-state index contributed by atoms with van der Waals surface area (Å²) in [6.45, 7) is 3.19. The maximum Gasteiger partial charge on any atom is 0.224 e. The Hall–Kier alpha value is -1.85. The van der Waals surface area contributed by atoms with Gasteiger partial charge in [-0.05, 0) is 37.3 Å². The standard InChI is InChI=1S/C18H23NO4/c1-12-2-5-16-14(10-23-17(16)6-12)7-18(21)19-8-15(20)11-22-9-13-3-4-13/h2,5-6,10,13,15,20H,3-4,7-9,11H2,1H3,(H,19,21). The van der Waals surface area contributed by atoms with Crippen molar-refractivity contribution in [2.45, 2.75) is 32.3 Å². The van der Waals surface area contributed by atoms with Crippen molar-refractivity contribution in [1.29, 1.82) is 0 Å². The Morgan fingerprint density at radius 1 is 1.48 bits per heavy atom. The molecule has 2 N–H and O–H groups in total. The summed E-state index contributed by atoms with van der Waals surface area (Å²) in [4.78, 5) is 12.0. The highest BCUT2D eigenvalue weighted by Crippen LogP contribution is 2.28. The molecule has 0 radical (unpaired) electrons. The minimum Gasteiger partial charge on any atom is -0.464 e. The van der Waals surface area contributed by atoms with E-state index in [-0.39, 0.29) is 25.5 Å². The van der Waals surface area contributed by atoms with E-state index in [1.54, 1.807) is 6.26 Å². The Bertz CT molecular complexity index is 675. The van der Waals surface area contributed by atoms with Crippen LogP contribution < -0.4 is 5.32 Å². The molecule has 3 rings (SSSR count). The van der Waals surface area contributed by atoms with E-state index < -0.39 is 6.10 Å². The third kappa shape index (κ3) is 4.56. The number of hydrogen-bond donors (Lipinski definition) is 2. The van der Waals surface area contributed by atoms with Crippen LogP contribution in [0.1, 0.15) is 24.0 Å². The highest BCUT2D eigenvalue weighted by atomic mass is 16.5. The number of carbonyl (C=O) groups is 1. The fraction of sp³-hybridized carbons (Fsp3) is 0.500. The van der Waals surface area contributed by atoms with Crippen molar-refractivity contribution in [3.8, 4) is 0 Å². The molecular weight excluding hydrogens is 294 g/mol. The molecule has 1 aliphatic carbocycles. The van der Waals surface area contributed by atoms with Crippen molar-refractivity contribution in [2.75, 3.05) is 19.8 Å². The van der Waals surface area contributed by atoms with E-state index in [9.17, 15) is 9.90 Å². The van der Waals surface area contributed by atoms with Crippen LogP contribution in [0.4, 0.5) is 0 Å². The fourth-order valence-corrected chi connectivity index (χ4v) is 2.51. The minimum atomic E-state index is -0.665. The van der Waals surface area contributed by atoms with Gasteiger partial charge in [0.25, 0.3) is 0 Å². The van der Waals surface area contributed by atoms with Crippen LogP contribution in [0, 0.1) is 12.8 Å². The number of rotatable bonds is 8. The van der Waals surface area contributed by atoms with E-state index in [2.05, 4.69) is 5.32 Å². The molecular formula is C18H23NO4. The van der Waals surface area contributed by atoms with Gasteiger partial charge >= 0.3 is 0 Å². The first-order chi connectivity index (χ1) is 11.1. The Labute approximate surface area is 135 Å². The van der Waals surface area contributed by atoms with Gasteiger partial charge in [0.05, 0.1) is 25.4 Å². The van der Waals surface area contributed by atoms with Gasteiger partial charge in [-0.15, -0.1) is 0 Å². The Morgan fingerprint density at radius 3 is 3.09 bits per heavy atom. The third-order valence-electron chi connectivity index (χ3n) is 4.06. The number of fused-ring (bicyclic) bond motifs is 1. The molecule has 1 atom stereocenters. The summed E-state index contributed by atoms with van der Waals surface area (Å²) in [5.41, 5.74) is 2.77. The molecule has 23 heavy (non-hydrogen) atoms. The van der Waals surface area contributed by atoms with Gasteiger partial charge in [-0.1, -0.05) is 12.1 Å². The maximum absolute atomic E-state index is 12.0. The van der Waals surface area contributed by atoms with Crippen molar-refractivity contribution >= 4 is 16.9 Å². The van der Waals surface area contributed by atoms with Gasteiger partial charge in [0.2, 0.25) is 5.91 Å². The highest BCUT2D eigenvalue weighted by molar-refractivity contribution is 5.87. The van der Waals surface area contributed by atoms with Gasteiger partial charge in [-0.25, -0.2) is 0 Å². The summed E-state index contributed by atoms with van der Waals surface area (Å²) in [5.74, 6) is 0.546. The van der Waals surface area contributed by atoms with Crippen LogP contribution >= 0.6 is 0 Å². The molecule has 2 aromatic rings. The lowest BCUT2D eigenvalue weighted by Gasteiger charge is -2.12. The van der Waals surface area contributed by atoms with Gasteiger partial charge in [-0.2, -0.15) is 0 Å². The van der Waals surface area contributed by atoms with E-state index in [0.29, 0.717) is 12.5 Å². The van der Waals surface area contributed by atoms with Gasteiger partial charge in [0.1, 0.15) is 5.58 Å². The van der Waals surface area contributed by atoms with Crippen LogP contribution in [-0.4, -0.2) is 36.9 Å². The van der Waals surface area contributed by atoms with Crippen LogP contribution in [0.15, 0.2) is 28.9 Å². The second-order valence-corrected chi connectivity index (χ2v) is 6.38. The normalized spacial score (nSPS) is 15.7. The van der Waals surface area contributed by atoms with Gasteiger partial charge in [0, 0.05) is 24.1 Å². The minimum absolute atomic E-state index is 0.130. The van der Waals surface area contributed by atoms with Crippen LogP contribution in [0.25, 0.3) is 11.0 Å². The van der Waals surface area contributed by atoms with Crippen molar-refractivity contribution in [3.05, 3.63) is 35.6 Å². The Morgan fingerprint density at radius 2 is 2.30 bits per heavy atom. The van der Waals surface area contributed by atoms with E-state index in [1.807, 2.05) is 25.1 Å². The lowest BCUT2D eigenvalue weighted by molar-refractivity contribution is -0.121. The zero-order valence-corrected chi connectivity index (χ0v) is 13.4. The van der Waals surface area contributed by atoms with Gasteiger partial charge in [0.15, 0.2) is 0 Å². The molecule has 5 heteroatoms. The Balaban J connectivity index is 1.44. The van der Waals surface area contributed by atoms with E-state index in [0.717, 1.165) is 22.1 Å².